The Labute approximate surface area is 104 Å². The number of halogens is 3. The van der Waals surface area contributed by atoms with Crippen molar-refractivity contribution in [2.75, 3.05) is 7.11 Å². The van der Waals surface area contributed by atoms with Crippen molar-refractivity contribution in [3.63, 3.8) is 0 Å². The molecule has 2 N–H and O–H groups in total. The van der Waals surface area contributed by atoms with Gasteiger partial charge < -0.3 is 15.2 Å². The van der Waals surface area contributed by atoms with Gasteiger partial charge in [0.05, 0.1) is 7.11 Å². The molecule has 1 aromatic rings. The van der Waals surface area contributed by atoms with Crippen LogP contribution in [0.15, 0.2) is 18.2 Å². The van der Waals surface area contributed by atoms with Crippen LogP contribution in [0, 0.1) is 0 Å². The van der Waals surface area contributed by atoms with E-state index in [9.17, 15) is 13.2 Å². The average molecular weight is 263 g/mol. The first-order valence-electron chi connectivity index (χ1n) is 5.56. The maximum Gasteiger partial charge on any atom is 0.573 e. The van der Waals surface area contributed by atoms with Gasteiger partial charge in [-0.25, -0.2) is 0 Å². The Morgan fingerprint density at radius 1 is 1.33 bits per heavy atom. The molecule has 0 amide bonds. The Balaban J connectivity index is 3.01. The molecular formula is C12H16F3NO2. The third-order valence-electron chi connectivity index (χ3n) is 2.43. The number of hydrogen-bond acceptors (Lipinski definition) is 3. The molecule has 0 aliphatic heterocycles. The number of benzene rings is 1. The second-order valence-electron chi connectivity index (χ2n) is 3.85. The second-order valence-corrected chi connectivity index (χ2v) is 3.85. The van der Waals surface area contributed by atoms with Gasteiger partial charge in [0.25, 0.3) is 0 Å². The van der Waals surface area contributed by atoms with E-state index in [0.717, 1.165) is 6.42 Å². The van der Waals surface area contributed by atoms with Crippen molar-refractivity contribution >= 4 is 0 Å². The zero-order chi connectivity index (χ0) is 13.8. The van der Waals surface area contributed by atoms with Crippen LogP contribution >= 0.6 is 0 Å². The molecule has 3 nitrogen and oxygen atoms in total. The molecule has 1 rings (SSSR count). The lowest BCUT2D eigenvalue weighted by molar-refractivity contribution is -0.274. The van der Waals surface area contributed by atoms with Crippen molar-refractivity contribution in [1.82, 2.24) is 0 Å². The van der Waals surface area contributed by atoms with Crippen molar-refractivity contribution in [2.24, 2.45) is 5.73 Å². The number of ether oxygens (including phenoxy) is 2. The maximum atomic E-state index is 12.1. The van der Waals surface area contributed by atoms with Gasteiger partial charge >= 0.3 is 6.36 Å². The van der Waals surface area contributed by atoms with Crippen LogP contribution in [0.5, 0.6) is 11.5 Å². The van der Waals surface area contributed by atoms with Crippen LogP contribution in [0.2, 0.25) is 0 Å². The van der Waals surface area contributed by atoms with Gasteiger partial charge in [-0.2, -0.15) is 0 Å². The van der Waals surface area contributed by atoms with E-state index in [0.29, 0.717) is 17.7 Å². The molecule has 18 heavy (non-hydrogen) atoms. The SMILES string of the molecule is CCC[C@H](N)c1cc(OC(F)(F)F)ccc1OC. The van der Waals surface area contributed by atoms with Crippen LogP contribution in [0.1, 0.15) is 31.4 Å². The van der Waals surface area contributed by atoms with E-state index in [4.69, 9.17) is 10.5 Å². The van der Waals surface area contributed by atoms with Crippen LogP contribution in [0.3, 0.4) is 0 Å². The van der Waals surface area contributed by atoms with Crippen LogP contribution in [0.25, 0.3) is 0 Å². The zero-order valence-corrected chi connectivity index (χ0v) is 10.3. The van der Waals surface area contributed by atoms with Crippen LogP contribution in [-0.2, 0) is 0 Å². The summed E-state index contributed by atoms with van der Waals surface area (Å²) < 4.78 is 45.3. The van der Waals surface area contributed by atoms with Crippen LogP contribution < -0.4 is 15.2 Å². The summed E-state index contributed by atoms with van der Waals surface area (Å²) in [5, 5.41) is 0. The summed E-state index contributed by atoms with van der Waals surface area (Å²) in [6.07, 6.45) is -3.22. The lowest BCUT2D eigenvalue weighted by Crippen LogP contribution is -2.18. The van der Waals surface area contributed by atoms with Gasteiger partial charge in [-0.3, -0.25) is 0 Å². The van der Waals surface area contributed by atoms with Gasteiger partial charge in [-0.1, -0.05) is 13.3 Å². The molecule has 1 atom stereocenters. The first-order chi connectivity index (χ1) is 8.37. The summed E-state index contributed by atoms with van der Waals surface area (Å²) >= 11 is 0. The summed E-state index contributed by atoms with van der Waals surface area (Å²) in [7, 11) is 1.45. The maximum absolute atomic E-state index is 12.1. The highest BCUT2D eigenvalue weighted by molar-refractivity contribution is 5.42. The van der Waals surface area contributed by atoms with Gasteiger partial charge in [-0.15, -0.1) is 13.2 Å². The highest BCUT2D eigenvalue weighted by Gasteiger charge is 2.31. The smallest absolute Gasteiger partial charge is 0.496 e. The summed E-state index contributed by atoms with van der Waals surface area (Å²) in [6, 6.07) is 3.52. The lowest BCUT2D eigenvalue weighted by atomic mass is 10.0. The average Bonchev–Trinajstić information content (AvgIpc) is 2.27. The molecule has 6 heteroatoms. The largest absolute Gasteiger partial charge is 0.573 e. The molecule has 1 aromatic carbocycles. The van der Waals surface area contributed by atoms with Gasteiger partial charge in [0.15, 0.2) is 0 Å². The molecule has 0 aromatic heterocycles. The standard InChI is InChI=1S/C12H16F3NO2/c1-3-4-10(16)9-7-8(18-12(13,14)15)5-6-11(9)17-2/h5-7,10H,3-4,16H2,1-2H3/t10-/m0/s1. The Kier molecular flexibility index (Phi) is 4.84. The predicted octanol–water partition coefficient (Wildman–Crippen LogP) is 3.39. The molecule has 0 heterocycles. The Morgan fingerprint density at radius 2 is 2.00 bits per heavy atom. The molecule has 0 bridgehead atoms. The number of hydrogen-bond donors (Lipinski definition) is 1. The molecule has 0 aliphatic rings. The summed E-state index contributed by atoms with van der Waals surface area (Å²) in [6.45, 7) is 1.95. The molecule has 0 aliphatic carbocycles. The first kappa shape index (κ1) is 14.6. The predicted molar refractivity (Wildman–Crippen MR) is 61.5 cm³/mol. The normalized spacial score (nSPS) is 13.2. The molecular weight excluding hydrogens is 247 g/mol. The molecule has 102 valence electrons. The number of rotatable bonds is 5. The van der Waals surface area contributed by atoms with Gasteiger partial charge in [0.2, 0.25) is 0 Å². The highest BCUT2D eigenvalue weighted by atomic mass is 19.4. The van der Waals surface area contributed by atoms with E-state index in [-0.39, 0.29) is 11.8 Å². The van der Waals surface area contributed by atoms with Crippen molar-refractivity contribution in [1.29, 1.82) is 0 Å². The molecule has 0 radical (unpaired) electrons. The van der Waals surface area contributed by atoms with Crippen molar-refractivity contribution in [3.05, 3.63) is 23.8 Å². The van der Waals surface area contributed by atoms with Crippen LogP contribution in [0.4, 0.5) is 13.2 Å². The van der Waals surface area contributed by atoms with Crippen molar-refractivity contribution in [3.8, 4) is 11.5 Å². The quantitative estimate of drug-likeness (QED) is 0.885. The Bertz CT molecular complexity index is 393. The molecule has 0 fully saturated rings. The second kappa shape index (κ2) is 5.95. The van der Waals surface area contributed by atoms with E-state index in [1.54, 1.807) is 0 Å². The summed E-state index contributed by atoms with van der Waals surface area (Å²) in [5.41, 5.74) is 6.41. The fourth-order valence-electron chi connectivity index (χ4n) is 1.67. The number of alkyl halides is 3. The van der Waals surface area contributed by atoms with E-state index >= 15 is 0 Å². The van der Waals surface area contributed by atoms with Crippen molar-refractivity contribution in [2.45, 2.75) is 32.2 Å². The molecule has 0 saturated carbocycles. The zero-order valence-electron chi connectivity index (χ0n) is 10.3. The van der Waals surface area contributed by atoms with E-state index in [1.165, 1.54) is 25.3 Å². The topological polar surface area (TPSA) is 44.5 Å². The summed E-state index contributed by atoms with van der Waals surface area (Å²) in [4.78, 5) is 0. The molecule has 0 unspecified atom stereocenters. The molecule has 0 spiro atoms. The minimum atomic E-state index is -4.71. The monoisotopic (exact) mass is 263 g/mol. The number of methoxy groups -OCH3 is 1. The van der Waals surface area contributed by atoms with E-state index < -0.39 is 6.36 Å². The van der Waals surface area contributed by atoms with E-state index in [2.05, 4.69) is 4.74 Å². The van der Waals surface area contributed by atoms with Gasteiger partial charge in [0.1, 0.15) is 11.5 Å². The first-order valence-corrected chi connectivity index (χ1v) is 5.56. The van der Waals surface area contributed by atoms with Gasteiger partial charge in [0, 0.05) is 11.6 Å². The Hall–Kier alpha value is -1.43. The van der Waals surface area contributed by atoms with Crippen LogP contribution in [-0.4, -0.2) is 13.5 Å². The molecule has 0 saturated heterocycles. The third-order valence-corrected chi connectivity index (χ3v) is 2.43. The Morgan fingerprint density at radius 3 is 2.50 bits per heavy atom. The van der Waals surface area contributed by atoms with E-state index in [1.807, 2.05) is 6.92 Å². The third kappa shape index (κ3) is 4.10. The summed E-state index contributed by atoms with van der Waals surface area (Å²) in [5.74, 6) is 0.176. The number of nitrogens with two attached hydrogens (primary N) is 1. The minimum absolute atomic E-state index is 0.287. The highest BCUT2D eigenvalue weighted by Crippen LogP contribution is 2.32. The fourth-order valence-corrected chi connectivity index (χ4v) is 1.67. The minimum Gasteiger partial charge on any atom is -0.496 e. The van der Waals surface area contributed by atoms with Crippen molar-refractivity contribution < 1.29 is 22.6 Å². The lowest BCUT2D eigenvalue weighted by Gasteiger charge is -2.17. The fraction of sp³-hybridized carbons (Fsp3) is 0.500. The van der Waals surface area contributed by atoms with Gasteiger partial charge in [-0.05, 0) is 24.6 Å².